The first-order valence-corrected chi connectivity index (χ1v) is 32.2. The predicted octanol–water partition coefficient (Wildman–Crippen LogP) is 18.1. The van der Waals surface area contributed by atoms with Crippen LogP contribution in [0.3, 0.4) is 0 Å². The van der Waals surface area contributed by atoms with Gasteiger partial charge < -0.3 is 38.1 Å². The average Bonchev–Trinajstić information content (AvgIpc) is 3.48. The van der Waals surface area contributed by atoms with Crippen LogP contribution in [0.1, 0.15) is 259 Å². The van der Waals surface area contributed by atoms with Crippen LogP contribution in [0, 0.1) is 5.41 Å². The van der Waals surface area contributed by atoms with E-state index in [4.69, 9.17) is 33.2 Å². The summed E-state index contributed by atoms with van der Waals surface area (Å²) in [5.74, 6) is -1.38. The summed E-state index contributed by atoms with van der Waals surface area (Å²) in [4.78, 5) is 55.5. The molecule has 0 atom stereocenters. The van der Waals surface area contributed by atoms with Crippen LogP contribution in [0.25, 0.3) is 0 Å². The van der Waals surface area contributed by atoms with Crippen LogP contribution >= 0.6 is 0 Å². The number of esters is 3. The fourth-order valence-electron chi connectivity index (χ4n) is 8.41. The van der Waals surface area contributed by atoms with Gasteiger partial charge in [0.1, 0.15) is 31.8 Å². The molecular formula is C68H119NO11. The second kappa shape index (κ2) is 59.6. The molecule has 0 aliphatic heterocycles. The second-order valence-corrected chi connectivity index (χ2v) is 21.5. The summed E-state index contributed by atoms with van der Waals surface area (Å²) < 4.78 is 41.1. The summed E-state index contributed by atoms with van der Waals surface area (Å²) in [6.07, 6.45) is 57.7. The molecule has 0 saturated carbocycles. The molecule has 0 amide bonds. The van der Waals surface area contributed by atoms with Crippen molar-refractivity contribution in [3.05, 3.63) is 72.9 Å². The van der Waals surface area contributed by atoms with E-state index in [2.05, 4.69) is 112 Å². The zero-order valence-corrected chi connectivity index (χ0v) is 52.1. The van der Waals surface area contributed by atoms with Crippen LogP contribution in [-0.2, 0) is 47.5 Å². The number of nitrogens with zero attached hydrogens (tertiary/aromatic N) is 1. The number of hydrogen-bond donors (Lipinski definition) is 0. The number of allylic oxidation sites excluding steroid dienone is 12. The Morgan fingerprint density at radius 2 is 0.762 bits per heavy atom. The minimum absolute atomic E-state index is 0.00640. The van der Waals surface area contributed by atoms with E-state index in [1.165, 1.54) is 38.5 Å². The summed E-state index contributed by atoms with van der Waals surface area (Å²) in [5, 5.41) is 0. The van der Waals surface area contributed by atoms with E-state index < -0.39 is 35.8 Å². The molecule has 12 heteroatoms. The first-order valence-electron chi connectivity index (χ1n) is 32.2. The number of hydrogen-bond acceptors (Lipinski definition) is 12. The highest BCUT2D eigenvalue weighted by atomic mass is 16.7. The fraction of sp³-hybridized carbons (Fsp3) is 0.765. The predicted molar refractivity (Wildman–Crippen MR) is 331 cm³/mol. The lowest BCUT2D eigenvalue weighted by atomic mass is 9.92. The smallest absolute Gasteiger partial charge is 0.465 e. The van der Waals surface area contributed by atoms with Gasteiger partial charge in [0.05, 0.1) is 13.0 Å². The third kappa shape index (κ3) is 53.3. The first kappa shape index (κ1) is 76.0. The lowest BCUT2D eigenvalue weighted by Gasteiger charge is -2.31. The molecule has 80 heavy (non-hydrogen) atoms. The standard InChI is InChI=1S/C68H119NO11/c1-7-12-16-20-24-26-28-30-32-34-36-38-40-42-46-51-63(70)77-59-68(62-80-67(73)76-58-50-55-69(6)11-5,60-78-64(71)52-47-43-41-39-37-35-33-31-29-27-25-21-17-13-8-2)61-79-65(72)53-54-66(74-56-48-44-22-18-14-9-3)75-57-49-45-23-19-15-10-4/h14-15,18-19,24-27,30-33,66H,7-13,16-17,20-23,28-29,34-62H2,1-6H3/b18-14-,19-15-,26-24-,27-25-,32-30-,33-31-. The number of ether oxygens (including phenoxy) is 7. The summed E-state index contributed by atoms with van der Waals surface area (Å²) in [5.41, 5.74) is -1.40. The van der Waals surface area contributed by atoms with Gasteiger partial charge in [-0.1, -0.05) is 172 Å². The summed E-state index contributed by atoms with van der Waals surface area (Å²) in [6.45, 7) is 12.2. The molecule has 0 aromatic heterocycles. The van der Waals surface area contributed by atoms with E-state index in [0.29, 0.717) is 32.5 Å². The van der Waals surface area contributed by atoms with Gasteiger partial charge in [-0.15, -0.1) is 0 Å². The zero-order valence-electron chi connectivity index (χ0n) is 52.1. The third-order valence-electron chi connectivity index (χ3n) is 13.7. The molecule has 12 nitrogen and oxygen atoms in total. The van der Waals surface area contributed by atoms with Gasteiger partial charge in [0.15, 0.2) is 6.29 Å². The average molecular weight is 1130 g/mol. The lowest BCUT2D eigenvalue weighted by molar-refractivity contribution is -0.170. The Balaban J connectivity index is 5.89. The van der Waals surface area contributed by atoms with E-state index in [9.17, 15) is 19.2 Å². The molecule has 0 N–H and O–H groups in total. The van der Waals surface area contributed by atoms with Crippen molar-refractivity contribution in [1.82, 2.24) is 4.90 Å². The van der Waals surface area contributed by atoms with E-state index in [0.717, 1.165) is 154 Å². The van der Waals surface area contributed by atoms with Crippen molar-refractivity contribution in [3.8, 4) is 0 Å². The van der Waals surface area contributed by atoms with E-state index >= 15 is 0 Å². The quantitative estimate of drug-likeness (QED) is 0.0188. The maximum absolute atomic E-state index is 13.6. The summed E-state index contributed by atoms with van der Waals surface area (Å²) in [6, 6.07) is 0. The van der Waals surface area contributed by atoms with Crippen molar-refractivity contribution in [2.45, 2.75) is 266 Å². The number of carbonyl (C=O) groups excluding carboxylic acids is 4. The van der Waals surface area contributed by atoms with E-state index in [-0.39, 0.29) is 58.7 Å². The van der Waals surface area contributed by atoms with Crippen molar-refractivity contribution in [1.29, 1.82) is 0 Å². The lowest BCUT2D eigenvalue weighted by Crippen LogP contribution is -2.44. The molecule has 0 fully saturated rings. The Morgan fingerprint density at radius 3 is 1.19 bits per heavy atom. The highest BCUT2D eigenvalue weighted by molar-refractivity contribution is 5.70. The molecule has 0 saturated heterocycles. The van der Waals surface area contributed by atoms with E-state index in [1.807, 2.05) is 7.05 Å². The fourth-order valence-corrected chi connectivity index (χ4v) is 8.41. The van der Waals surface area contributed by atoms with Crippen LogP contribution in [0.2, 0.25) is 0 Å². The van der Waals surface area contributed by atoms with Crippen LogP contribution in [0.5, 0.6) is 0 Å². The van der Waals surface area contributed by atoms with Gasteiger partial charge in [-0.05, 0) is 148 Å². The van der Waals surface area contributed by atoms with Crippen LogP contribution in [-0.4, -0.2) is 102 Å². The molecule has 0 rings (SSSR count). The molecule has 0 spiro atoms. The molecule has 0 bridgehead atoms. The first-order chi connectivity index (χ1) is 39.1. The molecule has 0 aromatic rings. The maximum atomic E-state index is 13.6. The van der Waals surface area contributed by atoms with Crippen LogP contribution < -0.4 is 0 Å². The molecule has 462 valence electrons. The van der Waals surface area contributed by atoms with Crippen molar-refractivity contribution < 1.29 is 52.3 Å². The zero-order chi connectivity index (χ0) is 58.5. The largest absolute Gasteiger partial charge is 0.508 e. The molecule has 0 aliphatic carbocycles. The van der Waals surface area contributed by atoms with Gasteiger partial charge in [-0.3, -0.25) is 14.4 Å². The second-order valence-electron chi connectivity index (χ2n) is 21.5. The van der Waals surface area contributed by atoms with Crippen molar-refractivity contribution in [2.75, 3.05) is 66.4 Å². The van der Waals surface area contributed by atoms with Crippen molar-refractivity contribution in [2.24, 2.45) is 5.41 Å². The Morgan fingerprint density at radius 1 is 0.388 bits per heavy atom. The number of rotatable bonds is 58. The highest BCUT2D eigenvalue weighted by Crippen LogP contribution is 2.24. The van der Waals surface area contributed by atoms with Gasteiger partial charge in [0.25, 0.3) is 0 Å². The maximum Gasteiger partial charge on any atom is 0.508 e. The Labute approximate surface area is 489 Å². The molecule has 0 heterocycles. The summed E-state index contributed by atoms with van der Waals surface area (Å²) in [7, 11) is 1.99. The molecule has 0 aliphatic rings. The third-order valence-corrected chi connectivity index (χ3v) is 13.7. The van der Waals surface area contributed by atoms with Gasteiger partial charge >= 0.3 is 24.1 Å². The Kier molecular flexibility index (Phi) is 56.6. The number of carbonyl (C=O) groups is 4. The van der Waals surface area contributed by atoms with E-state index in [1.54, 1.807) is 0 Å². The molecule has 0 unspecified atom stereocenters. The summed E-state index contributed by atoms with van der Waals surface area (Å²) >= 11 is 0. The highest BCUT2D eigenvalue weighted by Gasteiger charge is 2.38. The van der Waals surface area contributed by atoms with Gasteiger partial charge in [0, 0.05) is 39.0 Å². The molecule has 0 aromatic carbocycles. The molecule has 0 radical (unpaired) electrons. The molecular weight excluding hydrogens is 1010 g/mol. The Hall–Kier alpha value is -4.00. The Bertz CT molecular complexity index is 1530. The minimum atomic E-state index is -1.40. The van der Waals surface area contributed by atoms with Gasteiger partial charge in [-0.2, -0.15) is 0 Å². The van der Waals surface area contributed by atoms with Crippen LogP contribution in [0.4, 0.5) is 4.79 Å². The van der Waals surface area contributed by atoms with Crippen LogP contribution in [0.15, 0.2) is 72.9 Å². The normalized spacial score (nSPS) is 12.3. The SMILES string of the molecule is CC/C=C\CCCCOC(CCC(=O)OCC(COC(=O)CCCCCCC/C=C\C/C=C\CCCCC)(COC(=O)CCCCCCC/C=C\C/C=C\CCCCC)COC(=O)OCCCN(C)CC)OCCCC/C=C\CC. The topological polar surface area (TPSA) is 136 Å². The van der Waals surface area contributed by atoms with Gasteiger partial charge in [0.2, 0.25) is 0 Å². The van der Waals surface area contributed by atoms with Gasteiger partial charge in [-0.25, -0.2) is 4.79 Å². The van der Waals surface area contributed by atoms with Crippen molar-refractivity contribution in [3.63, 3.8) is 0 Å². The van der Waals surface area contributed by atoms with Crippen molar-refractivity contribution >= 4 is 24.1 Å². The minimum Gasteiger partial charge on any atom is -0.465 e. The number of unbranched alkanes of at least 4 members (excludes halogenated alkanes) is 20. The monoisotopic (exact) mass is 1130 g/mol.